The number of thioether (sulfide) groups is 1. The number of para-hydroxylation sites is 1. The maximum atomic E-state index is 13.9. The first-order valence-electron chi connectivity index (χ1n) is 8.40. The molecule has 0 fully saturated rings. The predicted octanol–water partition coefficient (Wildman–Crippen LogP) is 6.34. The van der Waals surface area contributed by atoms with Crippen molar-refractivity contribution in [3.8, 4) is 5.75 Å². The molecule has 140 valence electrons. The number of hydrogen-bond acceptors (Lipinski definition) is 4. The summed E-state index contributed by atoms with van der Waals surface area (Å²) in [6, 6.07) is 10.1. The van der Waals surface area contributed by atoms with E-state index in [1.165, 1.54) is 12.3 Å². The van der Waals surface area contributed by atoms with Gasteiger partial charge in [-0.05, 0) is 24.3 Å². The molecule has 2 aromatic carbocycles. The van der Waals surface area contributed by atoms with Crippen LogP contribution in [0.25, 0.3) is 10.9 Å². The fraction of sp³-hybridized carbons (Fsp3) is 0.238. The zero-order valence-electron chi connectivity index (χ0n) is 15.6. The molecular formula is C21H20ClFN2OS. The highest BCUT2D eigenvalue weighted by Crippen LogP contribution is 2.44. The SMILES string of the molecule is COc1c(Cl)ccc(C(=N)c2cnc3c(F)cccc3c2)c1SC(C)(C)C. The van der Waals surface area contributed by atoms with Gasteiger partial charge in [0.15, 0.2) is 5.75 Å². The molecule has 1 N–H and O–H groups in total. The molecule has 0 aliphatic rings. The van der Waals surface area contributed by atoms with Gasteiger partial charge in [0.1, 0.15) is 11.3 Å². The number of ether oxygens (including phenoxy) is 1. The largest absolute Gasteiger partial charge is 0.494 e. The van der Waals surface area contributed by atoms with Crippen LogP contribution in [0.5, 0.6) is 5.75 Å². The van der Waals surface area contributed by atoms with E-state index < -0.39 is 0 Å². The van der Waals surface area contributed by atoms with Gasteiger partial charge in [0, 0.05) is 27.5 Å². The van der Waals surface area contributed by atoms with E-state index in [0.29, 0.717) is 32.8 Å². The highest BCUT2D eigenvalue weighted by Gasteiger charge is 2.23. The summed E-state index contributed by atoms with van der Waals surface area (Å²) in [5.74, 6) is 0.182. The van der Waals surface area contributed by atoms with Crippen molar-refractivity contribution >= 4 is 40.0 Å². The highest BCUT2D eigenvalue weighted by molar-refractivity contribution is 8.00. The first kappa shape index (κ1) is 19.6. The molecular weight excluding hydrogens is 383 g/mol. The van der Waals surface area contributed by atoms with E-state index in [4.69, 9.17) is 21.7 Å². The highest BCUT2D eigenvalue weighted by atomic mass is 35.5. The van der Waals surface area contributed by atoms with Gasteiger partial charge in [-0.2, -0.15) is 0 Å². The Kier molecular flexibility index (Phi) is 5.45. The standard InChI is InChI=1S/C21H20ClFN2OS/c1-21(2,3)27-20-14(8-9-15(22)19(20)26-4)17(24)13-10-12-6-5-7-16(23)18(12)25-11-13/h5-11,24H,1-4H3. The van der Waals surface area contributed by atoms with Crippen LogP contribution in [0.4, 0.5) is 4.39 Å². The molecule has 0 unspecified atom stereocenters. The molecule has 3 aromatic rings. The lowest BCUT2D eigenvalue weighted by atomic mass is 10.0. The number of nitrogens with one attached hydrogen (secondary N) is 1. The quantitative estimate of drug-likeness (QED) is 0.409. The maximum Gasteiger partial charge on any atom is 0.151 e. The average Bonchev–Trinajstić information content (AvgIpc) is 2.60. The molecule has 27 heavy (non-hydrogen) atoms. The lowest BCUT2D eigenvalue weighted by molar-refractivity contribution is 0.404. The number of aromatic nitrogens is 1. The van der Waals surface area contributed by atoms with Crippen LogP contribution in [0.2, 0.25) is 5.02 Å². The van der Waals surface area contributed by atoms with Crippen molar-refractivity contribution in [2.24, 2.45) is 0 Å². The van der Waals surface area contributed by atoms with Gasteiger partial charge < -0.3 is 4.74 Å². The van der Waals surface area contributed by atoms with E-state index in [1.807, 2.05) is 6.07 Å². The summed E-state index contributed by atoms with van der Waals surface area (Å²) in [6.45, 7) is 6.27. The normalized spacial score (nSPS) is 11.6. The second-order valence-electron chi connectivity index (χ2n) is 7.08. The number of fused-ring (bicyclic) bond motifs is 1. The fourth-order valence-corrected chi connectivity index (χ4v) is 4.22. The summed E-state index contributed by atoms with van der Waals surface area (Å²) in [7, 11) is 1.57. The minimum atomic E-state index is -0.372. The molecule has 3 nitrogen and oxygen atoms in total. The van der Waals surface area contributed by atoms with Crippen LogP contribution in [0.15, 0.2) is 47.5 Å². The van der Waals surface area contributed by atoms with Gasteiger partial charge in [-0.3, -0.25) is 10.4 Å². The number of halogens is 2. The van der Waals surface area contributed by atoms with Gasteiger partial charge in [-0.15, -0.1) is 11.8 Å². The van der Waals surface area contributed by atoms with Gasteiger partial charge in [-0.25, -0.2) is 4.39 Å². The number of pyridine rings is 1. The summed E-state index contributed by atoms with van der Waals surface area (Å²) in [5, 5.41) is 9.90. The van der Waals surface area contributed by atoms with Crippen LogP contribution < -0.4 is 4.74 Å². The Labute approximate surface area is 167 Å². The molecule has 0 aliphatic heterocycles. The van der Waals surface area contributed by atoms with Crippen LogP contribution in [0, 0.1) is 11.2 Å². The molecule has 0 bridgehead atoms. The van der Waals surface area contributed by atoms with Gasteiger partial charge >= 0.3 is 0 Å². The van der Waals surface area contributed by atoms with E-state index in [2.05, 4.69) is 25.8 Å². The lowest BCUT2D eigenvalue weighted by Crippen LogP contribution is -2.11. The van der Waals surface area contributed by atoms with Gasteiger partial charge in [0.25, 0.3) is 0 Å². The maximum absolute atomic E-state index is 13.9. The second-order valence-corrected chi connectivity index (χ2v) is 9.33. The zero-order chi connectivity index (χ0) is 19.8. The van der Waals surface area contributed by atoms with E-state index >= 15 is 0 Å². The Bertz CT molecular complexity index is 1030. The topological polar surface area (TPSA) is 46.0 Å². The van der Waals surface area contributed by atoms with Crippen LogP contribution in [-0.4, -0.2) is 22.6 Å². The van der Waals surface area contributed by atoms with Crippen molar-refractivity contribution in [3.63, 3.8) is 0 Å². The Morgan fingerprint density at radius 2 is 1.96 bits per heavy atom. The Morgan fingerprint density at radius 3 is 2.63 bits per heavy atom. The molecule has 0 atom stereocenters. The van der Waals surface area contributed by atoms with E-state index in [-0.39, 0.29) is 16.3 Å². The molecule has 1 aromatic heterocycles. The number of methoxy groups -OCH3 is 1. The van der Waals surface area contributed by atoms with Gasteiger partial charge in [0.05, 0.1) is 22.7 Å². The minimum absolute atomic E-state index is 0.0994. The first-order chi connectivity index (χ1) is 12.7. The average molecular weight is 403 g/mol. The van der Waals surface area contributed by atoms with Crippen LogP contribution in [0.3, 0.4) is 0 Å². The van der Waals surface area contributed by atoms with Crippen molar-refractivity contribution < 1.29 is 9.13 Å². The first-order valence-corrected chi connectivity index (χ1v) is 9.60. The van der Waals surface area contributed by atoms with Gasteiger partial charge in [0.2, 0.25) is 0 Å². The number of nitrogens with zero attached hydrogens (tertiary/aromatic N) is 1. The summed E-state index contributed by atoms with van der Waals surface area (Å²) in [4.78, 5) is 5.02. The predicted molar refractivity (Wildman–Crippen MR) is 111 cm³/mol. The van der Waals surface area contributed by atoms with Crippen molar-refractivity contribution in [1.29, 1.82) is 5.41 Å². The fourth-order valence-electron chi connectivity index (χ4n) is 2.75. The van der Waals surface area contributed by atoms with Crippen molar-refractivity contribution in [2.75, 3.05) is 7.11 Å². The van der Waals surface area contributed by atoms with Gasteiger partial charge in [-0.1, -0.05) is 44.5 Å². The van der Waals surface area contributed by atoms with E-state index in [0.717, 1.165) is 4.90 Å². The van der Waals surface area contributed by atoms with Crippen LogP contribution in [0.1, 0.15) is 31.9 Å². The number of hydrogen-bond donors (Lipinski definition) is 1. The molecule has 6 heteroatoms. The molecule has 0 aliphatic carbocycles. The van der Waals surface area contributed by atoms with Crippen molar-refractivity contribution in [1.82, 2.24) is 4.98 Å². The minimum Gasteiger partial charge on any atom is -0.494 e. The van der Waals surface area contributed by atoms with E-state index in [1.54, 1.807) is 43.1 Å². The van der Waals surface area contributed by atoms with E-state index in [9.17, 15) is 4.39 Å². The third-order valence-corrected chi connectivity index (χ3v) is 5.42. The molecule has 0 amide bonds. The molecule has 0 saturated heterocycles. The monoisotopic (exact) mass is 402 g/mol. The van der Waals surface area contributed by atoms with Crippen molar-refractivity contribution in [3.05, 3.63) is 64.6 Å². The van der Waals surface area contributed by atoms with Crippen LogP contribution in [-0.2, 0) is 0 Å². The molecule has 0 saturated carbocycles. The summed E-state index contributed by atoms with van der Waals surface area (Å²) in [6.07, 6.45) is 1.53. The smallest absolute Gasteiger partial charge is 0.151 e. The summed E-state index contributed by atoms with van der Waals surface area (Å²) in [5.41, 5.74) is 1.89. The molecule has 1 heterocycles. The summed E-state index contributed by atoms with van der Waals surface area (Å²) < 4.78 is 19.3. The number of benzene rings is 2. The summed E-state index contributed by atoms with van der Waals surface area (Å²) >= 11 is 7.90. The Morgan fingerprint density at radius 1 is 1.22 bits per heavy atom. The zero-order valence-corrected chi connectivity index (χ0v) is 17.1. The lowest BCUT2D eigenvalue weighted by Gasteiger charge is -2.23. The molecule has 0 radical (unpaired) electrons. The Hall–Kier alpha value is -2.11. The number of rotatable bonds is 4. The van der Waals surface area contributed by atoms with Crippen LogP contribution >= 0.6 is 23.4 Å². The third-order valence-electron chi connectivity index (χ3n) is 3.90. The second kappa shape index (κ2) is 7.49. The Balaban J connectivity index is 2.14. The third kappa shape index (κ3) is 4.09. The molecule has 0 spiro atoms. The van der Waals surface area contributed by atoms with Crippen molar-refractivity contribution in [2.45, 2.75) is 30.4 Å². The molecule has 3 rings (SSSR count).